The molecule has 3 rings (SSSR count). The van der Waals surface area contributed by atoms with Gasteiger partial charge in [0.2, 0.25) is 0 Å². The van der Waals surface area contributed by atoms with Crippen LogP contribution in [-0.4, -0.2) is 9.55 Å². The molecule has 0 bridgehead atoms. The van der Waals surface area contributed by atoms with Crippen molar-refractivity contribution >= 4 is 11.0 Å². The van der Waals surface area contributed by atoms with Crippen LogP contribution in [0.3, 0.4) is 0 Å². The van der Waals surface area contributed by atoms with Crippen LogP contribution in [0.25, 0.3) is 22.2 Å². The number of hydrogen-bond donors (Lipinski definition) is 0. The first-order valence-corrected chi connectivity index (χ1v) is 9.59. The zero-order valence-corrected chi connectivity index (χ0v) is 16.5. The van der Waals surface area contributed by atoms with Crippen molar-refractivity contribution < 1.29 is 0 Å². The first-order valence-electron chi connectivity index (χ1n) is 9.59. The predicted octanol–water partition coefficient (Wildman–Crippen LogP) is 6.55. The summed E-state index contributed by atoms with van der Waals surface area (Å²) in [7, 11) is 0. The van der Waals surface area contributed by atoms with Crippen LogP contribution in [0.2, 0.25) is 0 Å². The molecular formula is C23H30N2. The number of nitrogens with zero attached hydrogens (tertiary/aromatic N) is 2. The Morgan fingerprint density at radius 1 is 0.960 bits per heavy atom. The quantitative estimate of drug-likeness (QED) is 0.517. The molecule has 1 aromatic heterocycles. The number of imidazole rings is 1. The fourth-order valence-electron chi connectivity index (χ4n) is 4.28. The maximum absolute atomic E-state index is 5.09. The number of para-hydroxylation sites is 1. The zero-order chi connectivity index (χ0) is 18.1. The maximum atomic E-state index is 5.09. The van der Waals surface area contributed by atoms with Crippen LogP contribution in [0, 0.1) is 20.8 Å². The molecule has 132 valence electrons. The highest BCUT2D eigenvalue weighted by molar-refractivity contribution is 5.94. The minimum Gasteiger partial charge on any atom is -0.325 e. The SMILES string of the molecule is CCc1nc2c(-c3c(C)cc(C)cc3C)cccc2n1C(CC)CC. The molecule has 0 fully saturated rings. The first-order chi connectivity index (χ1) is 12.0. The van der Waals surface area contributed by atoms with Gasteiger partial charge in [-0.2, -0.15) is 0 Å². The predicted molar refractivity (Wildman–Crippen MR) is 108 cm³/mol. The summed E-state index contributed by atoms with van der Waals surface area (Å²) in [5.74, 6) is 1.21. The van der Waals surface area contributed by atoms with Crippen LogP contribution >= 0.6 is 0 Å². The van der Waals surface area contributed by atoms with Gasteiger partial charge < -0.3 is 4.57 Å². The molecule has 2 nitrogen and oxygen atoms in total. The van der Waals surface area contributed by atoms with Gasteiger partial charge in [-0.25, -0.2) is 4.98 Å². The Balaban J connectivity index is 2.33. The van der Waals surface area contributed by atoms with E-state index in [1.807, 2.05) is 0 Å². The molecule has 0 N–H and O–H groups in total. The molecule has 0 atom stereocenters. The molecule has 0 aliphatic carbocycles. The highest BCUT2D eigenvalue weighted by Gasteiger charge is 2.19. The van der Waals surface area contributed by atoms with Crippen molar-refractivity contribution in [2.45, 2.75) is 66.8 Å². The van der Waals surface area contributed by atoms with E-state index in [0.29, 0.717) is 6.04 Å². The third-order valence-corrected chi connectivity index (χ3v) is 5.36. The van der Waals surface area contributed by atoms with Crippen LogP contribution in [0.5, 0.6) is 0 Å². The average Bonchev–Trinajstić information content (AvgIpc) is 2.95. The van der Waals surface area contributed by atoms with Gasteiger partial charge in [0.15, 0.2) is 0 Å². The Hall–Kier alpha value is -2.09. The molecule has 2 aromatic carbocycles. The van der Waals surface area contributed by atoms with Crippen molar-refractivity contribution in [2.24, 2.45) is 0 Å². The van der Waals surface area contributed by atoms with E-state index in [0.717, 1.165) is 24.8 Å². The van der Waals surface area contributed by atoms with E-state index in [-0.39, 0.29) is 0 Å². The van der Waals surface area contributed by atoms with Crippen LogP contribution in [0.1, 0.15) is 62.2 Å². The Kier molecular flexibility index (Phi) is 4.99. The Morgan fingerprint density at radius 3 is 2.16 bits per heavy atom. The first kappa shape index (κ1) is 17.7. The second-order valence-electron chi connectivity index (χ2n) is 7.17. The van der Waals surface area contributed by atoms with E-state index >= 15 is 0 Å². The normalized spacial score (nSPS) is 11.6. The van der Waals surface area contributed by atoms with Gasteiger partial charge in [-0.05, 0) is 56.4 Å². The largest absolute Gasteiger partial charge is 0.325 e. The van der Waals surface area contributed by atoms with E-state index in [9.17, 15) is 0 Å². The van der Waals surface area contributed by atoms with Crippen LogP contribution < -0.4 is 0 Å². The number of hydrogen-bond acceptors (Lipinski definition) is 1. The summed E-state index contributed by atoms with van der Waals surface area (Å²) >= 11 is 0. The van der Waals surface area contributed by atoms with E-state index < -0.39 is 0 Å². The fraction of sp³-hybridized carbons (Fsp3) is 0.435. The number of rotatable bonds is 5. The summed E-state index contributed by atoms with van der Waals surface area (Å²) in [5.41, 5.74) is 9.03. The molecule has 0 saturated heterocycles. The number of benzene rings is 2. The molecule has 0 aliphatic rings. The lowest BCUT2D eigenvalue weighted by Crippen LogP contribution is -2.10. The highest BCUT2D eigenvalue weighted by Crippen LogP contribution is 2.35. The van der Waals surface area contributed by atoms with Gasteiger partial charge in [-0.3, -0.25) is 0 Å². The summed E-state index contributed by atoms with van der Waals surface area (Å²) in [4.78, 5) is 5.09. The topological polar surface area (TPSA) is 17.8 Å². The summed E-state index contributed by atoms with van der Waals surface area (Å²) in [6.45, 7) is 13.4. The van der Waals surface area contributed by atoms with Crippen molar-refractivity contribution in [3.05, 3.63) is 52.8 Å². The highest BCUT2D eigenvalue weighted by atomic mass is 15.1. The molecule has 2 heteroatoms. The van der Waals surface area contributed by atoms with Crippen LogP contribution in [-0.2, 0) is 6.42 Å². The average molecular weight is 335 g/mol. The lowest BCUT2D eigenvalue weighted by Gasteiger charge is -2.18. The second kappa shape index (κ2) is 7.03. The number of fused-ring (bicyclic) bond motifs is 1. The summed E-state index contributed by atoms with van der Waals surface area (Å²) in [6, 6.07) is 11.7. The Labute approximate surface area is 151 Å². The van der Waals surface area contributed by atoms with Gasteiger partial charge in [0.1, 0.15) is 5.82 Å². The molecule has 0 spiro atoms. The Morgan fingerprint density at radius 2 is 1.60 bits per heavy atom. The number of aromatic nitrogens is 2. The molecule has 3 aromatic rings. The van der Waals surface area contributed by atoms with Crippen molar-refractivity contribution in [2.75, 3.05) is 0 Å². The van der Waals surface area contributed by atoms with Gasteiger partial charge in [0.05, 0.1) is 11.0 Å². The van der Waals surface area contributed by atoms with E-state index in [1.54, 1.807) is 0 Å². The standard InChI is InChI=1S/C23H30N2/c1-7-18(8-2)25-20-12-10-11-19(23(20)24-21(25)9-3)22-16(5)13-15(4)14-17(22)6/h10-14,18H,7-9H2,1-6H3. The molecule has 1 heterocycles. The van der Waals surface area contributed by atoms with Gasteiger partial charge in [-0.15, -0.1) is 0 Å². The molecule has 0 radical (unpaired) electrons. The minimum atomic E-state index is 0.524. The van der Waals surface area contributed by atoms with Crippen LogP contribution in [0.4, 0.5) is 0 Å². The van der Waals surface area contributed by atoms with E-state index in [4.69, 9.17) is 4.98 Å². The third-order valence-electron chi connectivity index (χ3n) is 5.36. The lowest BCUT2D eigenvalue weighted by atomic mass is 9.93. The molecule has 25 heavy (non-hydrogen) atoms. The molecular weight excluding hydrogens is 304 g/mol. The van der Waals surface area contributed by atoms with Crippen LogP contribution in [0.15, 0.2) is 30.3 Å². The summed E-state index contributed by atoms with van der Waals surface area (Å²) in [5, 5.41) is 0. The van der Waals surface area contributed by atoms with Crippen molar-refractivity contribution in [1.82, 2.24) is 9.55 Å². The van der Waals surface area contributed by atoms with Gasteiger partial charge in [0.25, 0.3) is 0 Å². The lowest BCUT2D eigenvalue weighted by molar-refractivity contribution is 0.468. The van der Waals surface area contributed by atoms with Crippen molar-refractivity contribution in [1.29, 1.82) is 0 Å². The third kappa shape index (κ3) is 2.99. The molecule has 0 unspecified atom stereocenters. The molecule has 0 aliphatic heterocycles. The number of aryl methyl sites for hydroxylation is 4. The maximum Gasteiger partial charge on any atom is 0.109 e. The smallest absolute Gasteiger partial charge is 0.109 e. The van der Waals surface area contributed by atoms with Gasteiger partial charge >= 0.3 is 0 Å². The zero-order valence-electron chi connectivity index (χ0n) is 16.5. The minimum absolute atomic E-state index is 0.524. The fourth-order valence-corrected chi connectivity index (χ4v) is 4.28. The van der Waals surface area contributed by atoms with E-state index in [1.165, 1.54) is 39.2 Å². The van der Waals surface area contributed by atoms with Crippen molar-refractivity contribution in [3.8, 4) is 11.1 Å². The molecule has 0 amide bonds. The second-order valence-corrected chi connectivity index (χ2v) is 7.17. The van der Waals surface area contributed by atoms with E-state index in [2.05, 4.69) is 76.4 Å². The summed E-state index contributed by atoms with van der Waals surface area (Å²) < 4.78 is 2.48. The van der Waals surface area contributed by atoms with Crippen molar-refractivity contribution in [3.63, 3.8) is 0 Å². The molecule has 0 saturated carbocycles. The Bertz CT molecular complexity index is 875. The monoisotopic (exact) mass is 334 g/mol. The van der Waals surface area contributed by atoms with Gasteiger partial charge in [0, 0.05) is 18.0 Å². The summed E-state index contributed by atoms with van der Waals surface area (Å²) in [6.07, 6.45) is 3.25. The van der Waals surface area contributed by atoms with Gasteiger partial charge in [-0.1, -0.05) is 50.6 Å².